The van der Waals surface area contributed by atoms with E-state index in [0.29, 0.717) is 6.29 Å². The van der Waals surface area contributed by atoms with E-state index in [4.69, 9.17) is 0 Å². The Morgan fingerprint density at radius 1 is 1.23 bits per heavy atom. The lowest BCUT2D eigenvalue weighted by Gasteiger charge is -2.00. The average Bonchev–Trinajstić information content (AvgIpc) is 2.18. The van der Waals surface area contributed by atoms with E-state index in [2.05, 4.69) is 9.97 Å². The fraction of sp³-hybridized carbons (Fsp3) is 0.100. The van der Waals surface area contributed by atoms with Crippen LogP contribution in [0.15, 0.2) is 24.3 Å². The van der Waals surface area contributed by atoms with Crippen molar-refractivity contribution in [2.24, 2.45) is 0 Å². The van der Waals surface area contributed by atoms with Gasteiger partial charge in [-0.1, -0.05) is 18.2 Å². The number of benzene rings is 1. The van der Waals surface area contributed by atoms with Crippen LogP contribution in [0.5, 0.6) is 0 Å². The normalized spacial score (nSPS) is 10.2. The molecule has 0 spiro atoms. The first kappa shape index (κ1) is 7.86. The van der Waals surface area contributed by atoms with Gasteiger partial charge in [0, 0.05) is 11.1 Å². The lowest BCUT2D eigenvalue weighted by molar-refractivity contribution is 0.111. The summed E-state index contributed by atoms with van der Waals surface area (Å²) >= 11 is 0. The van der Waals surface area contributed by atoms with Crippen molar-refractivity contribution in [1.29, 1.82) is 0 Å². The van der Waals surface area contributed by atoms with Crippen LogP contribution in [-0.4, -0.2) is 16.3 Å². The van der Waals surface area contributed by atoms with Gasteiger partial charge in [0.1, 0.15) is 0 Å². The number of aromatic nitrogens is 2. The second-order valence-corrected chi connectivity index (χ2v) is 2.80. The van der Waals surface area contributed by atoms with Crippen molar-refractivity contribution in [1.82, 2.24) is 9.97 Å². The molecule has 0 aliphatic carbocycles. The van der Waals surface area contributed by atoms with Crippen LogP contribution in [0.4, 0.5) is 0 Å². The number of aldehydes is 1. The first-order valence-electron chi connectivity index (χ1n) is 4.00. The molecule has 13 heavy (non-hydrogen) atoms. The molecule has 0 radical (unpaired) electrons. The minimum absolute atomic E-state index is 0.246. The SMILES string of the molecule is Cc1nc(C=O)nc2ccccc12. The third-order valence-electron chi connectivity index (χ3n) is 1.92. The first-order valence-corrected chi connectivity index (χ1v) is 4.00. The van der Waals surface area contributed by atoms with Gasteiger partial charge in [0.2, 0.25) is 0 Å². The largest absolute Gasteiger partial charge is 0.294 e. The maximum Gasteiger partial charge on any atom is 0.193 e. The van der Waals surface area contributed by atoms with Crippen LogP contribution in [0, 0.1) is 6.92 Å². The van der Waals surface area contributed by atoms with Gasteiger partial charge in [-0.15, -0.1) is 0 Å². The summed E-state index contributed by atoms with van der Waals surface area (Å²) in [6.07, 6.45) is 0.666. The van der Waals surface area contributed by atoms with E-state index < -0.39 is 0 Å². The van der Waals surface area contributed by atoms with Crippen molar-refractivity contribution in [3.63, 3.8) is 0 Å². The van der Waals surface area contributed by atoms with E-state index in [0.717, 1.165) is 16.6 Å². The smallest absolute Gasteiger partial charge is 0.193 e. The molecule has 0 fully saturated rings. The summed E-state index contributed by atoms with van der Waals surface area (Å²) < 4.78 is 0. The molecule has 0 saturated carbocycles. The maximum absolute atomic E-state index is 10.5. The van der Waals surface area contributed by atoms with E-state index in [9.17, 15) is 4.79 Å². The topological polar surface area (TPSA) is 42.9 Å². The van der Waals surface area contributed by atoms with Gasteiger partial charge in [0.15, 0.2) is 12.1 Å². The molecule has 1 heterocycles. The molecule has 3 nitrogen and oxygen atoms in total. The van der Waals surface area contributed by atoms with E-state index in [1.807, 2.05) is 31.2 Å². The first-order chi connectivity index (χ1) is 6.31. The number of hydrogen-bond acceptors (Lipinski definition) is 3. The fourth-order valence-electron chi connectivity index (χ4n) is 1.31. The Kier molecular flexibility index (Phi) is 1.77. The number of aryl methyl sites for hydroxylation is 1. The molecular formula is C10H8N2O. The van der Waals surface area contributed by atoms with Crippen LogP contribution >= 0.6 is 0 Å². The van der Waals surface area contributed by atoms with E-state index in [-0.39, 0.29) is 5.82 Å². The Morgan fingerprint density at radius 2 is 2.00 bits per heavy atom. The Morgan fingerprint density at radius 3 is 2.77 bits per heavy atom. The second-order valence-electron chi connectivity index (χ2n) is 2.80. The fourth-order valence-corrected chi connectivity index (χ4v) is 1.31. The summed E-state index contributed by atoms with van der Waals surface area (Å²) in [5, 5.41) is 0.994. The molecule has 0 atom stereocenters. The van der Waals surface area contributed by atoms with Gasteiger partial charge >= 0.3 is 0 Å². The quantitative estimate of drug-likeness (QED) is 0.615. The number of carbonyl (C=O) groups is 1. The molecule has 64 valence electrons. The highest BCUT2D eigenvalue weighted by Gasteiger charge is 2.01. The summed E-state index contributed by atoms with van der Waals surface area (Å²) in [4.78, 5) is 18.6. The number of hydrogen-bond donors (Lipinski definition) is 0. The van der Waals surface area contributed by atoms with Crippen molar-refractivity contribution in [2.45, 2.75) is 6.92 Å². The molecule has 0 aliphatic rings. The zero-order chi connectivity index (χ0) is 9.26. The zero-order valence-electron chi connectivity index (χ0n) is 7.19. The number of nitrogens with zero attached hydrogens (tertiary/aromatic N) is 2. The third kappa shape index (κ3) is 1.28. The van der Waals surface area contributed by atoms with Crippen LogP contribution in [0.25, 0.3) is 10.9 Å². The molecule has 2 rings (SSSR count). The van der Waals surface area contributed by atoms with Gasteiger partial charge in [-0.3, -0.25) is 4.79 Å². The molecule has 3 heteroatoms. The predicted octanol–water partition coefficient (Wildman–Crippen LogP) is 1.75. The third-order valence-corrected chi connectivity index (χ3v) is 1.92. The Hall–Kier alpha value is -1.77. The molecule has 0 aliphatic heterocycles. The van der Waals surface area contributed by atoms with Crippen LogP contribution in [0.3, 0.4) is 0 Å². The Labute approximate surface area is 75.4 Å². The summed E-state index contributed by atoms with van der Waals surface area (Å²) in [7, 11) is 0. The molecule has 0 unspecified atom stereocenters. The van der Waals surface area contributed by atoms with Crippen LogP contribution < -0.4 is 0 Å². The van der Waals surface area contributed by atoms with E-state index in [1.54, 1.807) is 0 Å². The number of rotatable bonds is 1. The average molecular weight is 172 g/mol. The van der Waals surface area contributed by atoms with Gasteiger partial charge in [-0.25, -0.2) is 9.97 Å². The Balaban J connectivity index is 2.84. The van der Waals surface area contributed by atoms with Gasteiger partial charge in [-0.2, -0.15) is 0 Å². The molecule has 0 N–H and O–H groups in total. The second kappa shape index (κ2) is 2.94. The van der Waals surface area contributed by atoms with Gasteiger partial charge < -0.3 is 0 Å². The molecular weight excluding hydrogens is 164 g/mol. The van der Waals surface area contributed by atoms with Crippen molar-refractivity contribution < 1.29 is 4.79 Å². The lowest BCUT2D eigenvalue weighted by atomic mass is 10.2. The van der Waals surface area contributed by atoms with E-state index >= 15 is 0 Å². The summed E-state index contributed by atoms with van der Waals surface area (Å²) in [5.41, 5.74) is 1.66. The molecule has 2 aromatic rings. The standard InChI is InChI=1S/C10H8N2O/c1-7-8-4-2-3-5-9(8)12-10(6-13)11-7/h2-6H,1H3. The summed E-state index contributed by atoms with van der Waals surface area (Å²) in [6.45, 7) is 1.87. The highest BCUT2D eigenvalue weighted by molar-refractivity contribution is 5.83. The van der Waals surface area contributed by atoms with Crippen molar-refractivity contribution in [2.75, 3.05) is 0 Å². The summed E-state index contributed by atoms with van der Waals surface area (Å²) in [5.74, 6) is 0.246. The highest BCUT2D eigenvalue weighted by atomic mass is 16.1. The number of carbonyl (C=O) groups excluding carboxylic acids is 1. The Bertz CT molecular complexity index is 465. The predicted molar refractivity (Wildman–Crippen MR) is 49.7 cm³/mol. The maximum atomic E-state index is 10.5. The minimum Gasteiger partial charge on any atom is -0.294 e. The molecule has 0 bridgehead atoms. The molecule has 0 amide bonds. The van der Waals surface area contributed by atoms with Gasteiger partial charge in [0.25, 0.3) is 0 Å². The van der Waals surface area contributed by atoms with Gasteiger partial charge in [0.05, 0.1) is 5.52 Å². The van der Waals surface area contributed by atoms with Gasteiger partial charge in [-0.05, 0) is 13.0 Å². The monoisotopic (exact) mass is 172 g/mol. The van der Waals surface area contributed by atoms with Crippen LogP contribution in [0.2, 0.25) is 0 Å². The highest BCUT2D eigenvalue weighted by Crippen LogP contribution is 2.13. The molecule has 1 aromatic heterocycles. The van der Waals surface area contributed by atoms with Crippen molar-refractivity contribution in [3.05, 3.63) is 35.8 Å². The van der Waals surface area contributed by atoms with E-state index in [1.165, 1.54) is 0 Å². The van der Waals surface area contributed by atoms with Crippen molar-refractivity contribution in [3.8, 4) is 0 Å². The molecule has 1 aromatic carbocycles. The molecule has 0 saturated heterocycles. The number of para-hydroxylation sites is 1. The minimum atomic E-state index is 0.246. The summed E-state index contributed by atoms with van der Waals surface area (Å²) in [6, 6.07) is 7.64. The van der Waals surface area contributed by atoms with Crippen LogP contribution in [0.1, 0.15) is 16.3 Å². The lowest BCUT2D eigenvalue weighted by Crippen LogP contribution is -1.96. The van der Waals surface area contributed by atoms with Crippen molar-refractivity contribution >= 4 is 17.2 Å². The zero-order valence-corrected chi connectivity index (χ0v) is 7.19. The number of fused-ring (bicyclic) bond motifs is 1. The van der Waals surface area contributed by atoms with Crippen LogP contribution in [-0.2, 0) is 0 Å².